The molecule has 2 aliphatic heterocycles. The number of carbonyl (C=O) groups excluding carboxylic acids is 2. The van der Waals surface area contributed by atoms with Crippen molar-refractivity contribution < 1.29 is 9.59 Å². The number of piperidine rings is 1. The van der Waals surface area contributed by atoms with E-state index < -0.39 is 0 Å². The van der Waals surface area contributed by atoms with Gasteiger partial charge in [-0.3, -0.25) is 4.79 Å². The summed E-state index contributed by atoms with van der Waals surface area (Å²) in [7, 11) is 0. The van der Waals surface area contributed by atoms with E-state index in [4.69, 9.17) is 0 Å². The molecule has 0 aromatic carbocycles. The van der Waals surface area contributed by atoms with Crippen molar-refractivity contribution in [2.24, 2.45) is 5.92 Å². The van der Waals surface area contributed by atoms with Crippen molar-refractivity contribution in [3.05, 3.63) is 23.9 Å². The molecule has 0 saturated carbocycles. The van der Waals surface area contributed by atoms with Crippen LogP contribution in [0.3, 0.4) is 0 Å². The molecule has 0 spiro atoms. The first-order valence-electron chi connectivity index (χ1n) is 6.66. The van der Waals surface area contributed by atoms with Crippen LogP contribution < -0.4 is 4.90 Å². The van der Waals surface area contributed by atoms with Gasteiger partial charge >= 0.3 is 6.03 Å². The Hall–Kier alpha value is -1.91. The third-order valence-electron chi connectivity index (χ3n) is 4.00. The number of aryl methyl sites for hydroxylation is 1. The molecular weight excluding hydrogens is 242 g/mol. The van der Waals surface area contributed by atoms with E-state index in [2.05, 4.69) is 11.9 Å². The molecule has 3 rings (SSSR count). The summed E-state index contributed by atoms with van der Waals surface area (Å²) in [5, 5.41) is 0. The number of nitrogens with zero attached hydrogens (tertiary/aromatic N) is 3. The summed E-state index contributed by atoms with van der Waals surface area (Å²) in [5.74, 6) is 0.834. The summed E-state index contributed by atoms with van der Waals surface area (Å²) in [6.45, 7) is 4.66. The number of urea groups is 1. The molecule has 0 N–H and O–H groups in total. The molecule has 2 fully saturated rings. The van der Waals surface area contributed by atoms with Crippen LogP contribution in [-0.4, -0.2) is 34.4 Å². The zero-order valence-corrected chi connectivity index (χ0v) is 11.2. The van der Waals surface area contributed by atoms with Crippen LogP contribution in [-0.2, 0) is 4.79 Å². The van der Waals surface area contributed by atoms with E-state index in [0.29, 0.717) is 18.3 Å². The summed E-state index contributed by atoms with van der Waals surface area (Å²) in [6.07, 6.45) is 3.33. The molecular formula is C14H17N3O2. The standard InChI is InChI=1S/C14H17N3O2/c1-9-5-7-16-11(8-9)13(18)17(14(16)19)12-10(2)4-3-6-15-12/h3-4,6,9,11H,5,7-8H2,1-2H3/t9-,11+/m0/s1. The van der Waals surface area contributed by atoms with E-state index in [1.807, 2.05) is 13.0 Å². The first-order valence-corrected chi connectivity index (χ1v) is 6.66. The number of aromatic nitrogens is 1. The lowest BCUT2D eigenvalue weighted by molar-refractivity contribution is -0.120. The van der Waals surface area contributed by atoms with Crippen LogP contribution in [0.4, 0.5) is 10.6 Å². The molecule has 3 amide bonds. The molecule has 5 heteroatoms. The third-order valence-corrected chi connectivity index (χ3v) is 4.00. The Morgan fingerprint density at radius 1 is 1.37 bits per heavy atom. The molecule has 0 radical (unpaired) electrons. The zero-order valence-electron chi connectivity index (χ0n) is 11.2. The Balaban J connectivity index is 1.98. The van der Waals surface area contributed by atoms with Crippen LogP contribution in [0.25, 0.3) is 0 Å². The average Bonchev–Trinajstić information content (AvgIpc) is 2.63. The van der Waals surface area contributed by atoms with Gasteiger partial charge < -0.3 is 4.90 Å². The van der Waals surface area contributed by atoms with Gasteiger partial charge in [-0.25, -0.2) is 14.7 Å². The zero-order chi connectivity index (χ0) is 13.6. The van der Waals surface area contributed by atoms with Gasteiger partial charge in [0.1, 0.15) is 11.9 Å². The number of fused-ring (bicyclic) bond motifs is 1. The highest BCUT2D eigenvalue weighted by atomic mass is 16.2. The predicted molar refractivity (Wildman–Crippen MR) is 70.7 cm³/mol. The highest BCUT2D eigenvalue weighted by Gasteiger charge is 2.48. The molecule has 100 valence electrons. The maximum absolute atomic E-state index is 12.5. The smallest absolute Gasteiger partial charge is 0.312 e. The van der Waals surface area contributed by atoms with Crippen LogP contribution >= 0.6 is 0 Å². The van der Waals surface area contributed by atoms with E-state index in [1.165, 1.54) is 4.90 Å². The summed E-state index contributed by atoms with van der Waals surface area (Å²) in [6, 6.07) is 3.16. The largest absolute Gasteiger partial charge is 0.333 e. The van der Waals surface area contributed by atoms with Gasteiger partial charge in [-0.1, -0.05) is 13.0 Å². The van der Waals surface area contributed by atoms with Gasteiger partial charge in [0.2, 0.25) is 0 Å². The van der Waals surface area contributed by atoms with Crippen LogP contribution in [0.15, 0.2) is 18.3 Å². The predicted octanol–water partition coefficient (Wildman–Crippen LogP) is 1.96. The highest BCUT2D eigenvalue weighted by Crippen LogP contribution is 2.32. The fraction of sp³-hybridized carbons (Fsp3) is 0.500. The minimum Gasteiger partial charge on any atom is -0.312 e. The minimum absolute atomic E-state index is 0.127. The van der Waals surface area contributed by atoms with Gasteiger partial charge in [-0.05, 0) is 37.3 Å². The van der Waals surface area contributed by atoms with E-state index >= 15 is 0 Å². The number of imide groups is 1. The van der Waals surface area contributed by atoms with Crippen molar-refractivity contribution in [2.75, 3.05) is 11.4 Å². The first kappa shape index (κ1) is 12.1. The van der Waals surface area contributed by atoms with Crippen molar-refractivity contribution in [2.45, 2.75) is 32.7 Å². The molecule has 19 heavy (non-hydrogen) atoms. The summed E-state index contributed by atoms with van der Waals surface area (Å²) in [5.41, 5.74) is 0.845. The Labute approximate surface area is 112 Å². The number of anilines is 1. The van der Waals surface area contributed by atoms with Crippen molar-refractivity contribution >= 4 is 17.8 Å². The fourth-order valence-corrected chi connectivity index (χ4v) is 2.88. The van der Waals surface area contributed by atoms with Gasteiger partial charge in [-0.15, -0.1) is 0 Å². The minimum atomic E-state index is -0.294. The van der Waals surface area contributed by atoms with E-state index in [0.717, 1.165) is 18.4 Å². The Morgan fingerprint density at radius 2 is 2.16 bits per heavy atom. The molecule has 2 atom stereocenters. The topological polar surface area (TPSA) is 53.5 Å². The number of hydrogen-bond donors (Lipinski definition) is 0. The lowest BCUT2D eigenvalue weighted by Crippen LogP contribution is -2.41. The van der Waals surface area contributed by atoms with E-state index in [9.17, 15) is 9.59 Å². The average molecular weight is 259 g/mol. The second kappa shape index (κ2) is 4.33. The second-order valence-corrected chi connectivity index (χ2v) is 5.44. The van der Waals surface area contributed by atoms with E-state index in [-0.39, 0.29) is 18.0 Å². The van der Waals surface area contributed by atoms with Gasteiger partial charge in [0.15, 0.2) is 0 Å². The Morgan fingerprint density at radius 3 is 2.89 bits per heavy atom. The van der Waals surface area contributed by atoms with Crippen molar-refractivity contribution in [3.63, 3.8) is 0 Å². The third kappa shape index (κ3) is 1.80. The van der Waals surface area contributed by atoms with Crippen molar-refractivity contribution in [1.82, 2.24) is 9.88 Å². The van der Waals surface area contributed by atoms with E-state index in [1.54, 1.807) is 17.2 Å². The van der Waals surface area contributed by atoms with Crippen LogP contribution in [0.5, 0.6) is 0 Å². The van der Waals surface area contributed by atoms with Gasteiger partial charge in [-0.2, -0.15) is 0 Å². The van der Waals surface area contributed by atoms with Crippen LogP contribution in [0.1, 0.15) is 25.3 Å². The normalized spacial score (nSPS) is 26.8. The second-order valence-electron chi connectivity index (χ2n) is 5.44. The molecule has 5 nitrogen and oxygen atoms in total. The molecule has 0 bridgehead atoms. The monoisotopic (exact) mass is 259 g/mol. The van der Waals surface area contributed by atoms with Crippen molar-refractivity contribution in [1.29, 1.82) is 0 Å². The molecule has 1 aromatic rings. The fourth-order valence-electron chi connectivity index (χ4n) is 2.88. The van der Waals surface area contributed by atoms with Gasteiger partial charge in [0.05, 0.1) is 0 Å². The molecule has 0 unspecified atom stereocenters. The van der Waals surface area contributed by atoms with Crippen LogP contribution in [0, 0.1) is 12.8 Å². The number of amides is 3. The maximum atomic E-state index is 12.5. The lowest BCUT2D eigenvalue weighted by atomic mass is 9.93. The SMILES string of the molecule is Cc1cccnc1N1C(=O)[C@H]2C[C@@H](C)CCN2C1=O. The first-order chi connectivity index (χ1) is 9.09. The van der Waals surface area contributed by atoms with Gasteiger partial charge in [0.25, 0.3) is 5.91 Å². The number of carbonyl (C=O) groups is 2. The molecule has 2 saturated heterocycles. The molecule has 1 aromatic heterocycles. The summed E-state index contributed by atoms with van der Waals surface area (Å²) >= 11 is 0. The molecule has 2 aliphatic rings. The number of hydrogen-bond acceptors (Lipinski definition) is 3. The molecule has 3 heterocycles. The quantitative estimate of drug-likeness (QED) is 0.724. The number of pyridine rings is 1. The summed E-state index contributed by atoms with van der Waals surface area (Å²) < 4.78 is 0. The van der Waals surface area contributed by atoms with Crippen molar-refractivity contribution in [3.8, 4) is 0 Å². The molecule has 0 aliphatic carbocycles. The summed E-state index contributed by atoms with van der Waals surface area (Å²) in [4.78, 5) is 32.0. The lowest BCUT2D eigenvalue weighted by Gasteiger charge is -2.30. The maximum Gasteiger partial charge on any atom is 0.333 e. The van der Waals surface area contributed by atoms with Gasteiger partial charge in [0, 0.05) is 12.7 Å². The Bertz CT molecular complexity index is 543. The van der Waals surface area contributed by atoms with Crippen LogP contribution in [0.2, 0.25) is 0 Å². The number of rotatable bonds is 1. The highest BCUT2D eigenvalue weighted by molar-refractivity contribution is 6.21. The Kier molecular flexibility index (Phi) is 2.77.